The minimum absolute atomic E-state index is 0. The molecule has 0 amide bonds. The first-order chi connectivity index (χ1) is 28.0. The van der Waals surface area contributed by atoms with Crippen LogP contribution in [0, 0.1) is 23.9 Å². The van der Waals surface area contributed by atoms with Crippen LogP contribution in [-0.2, 0) is 43.7 Å². The molecule has 6 nitrogen and oxygen atoms in total. The maximum atomic E-state index is 9.06. The van der Waals surface area contributed by atoms with Gasteiger partial charge in [0.05, 0.1) is 16.7 Å². The van der Waals surface area contributed by atoms with E-state index in [9.17, 15) is 0 Å². The number of nitrogens with zero attached hydrogens (tertiary/aromatic N) is 5. The number of hydrogen-bond donors (Lipinski definition) is 0. The molecule has 306 valence electrons. The van der Waals surface area contributed by atoms with E-state index in [1.807, 2.05) is 67.9 Å². The number of pyridine rings is 2. The van der Waals surface area contributed by atoms with Gasteiger partial charge in [0, 0.05) is 47.0 Å². The molecule has 4 aromatic carbocycles. The van der Waals surface area contributed by atoms with Gasteiger partial charge in [-0.1, -0.05) is 137 Å². The van der Waals surface area contributed by atoms with Crippen LogP contribution in [0.2, 0.25) is 0 Å². The van der Waals surface area contributed by atoms with Crippen LogP contribution in [0.15, 0.2) is 104 Å². The zero-order chi connectivity index (χ0) is 43.2. The SMILES string of the molecule is [2H]C([2H])(c1ccc2c(c1)c1ccc(Oc3[c-]c(-n4[c-][n+](-c5cc(C(C)(C)C)cc(C(C)(C)C)c5)c5ccccc54)cnc3)[c-]c1n2-c1cc(C(C)(C)C)ccn1)C(C)(C)C.[Pt]. The fraction of sp³-hybridized carbons (Fsp3) is 0.327. The minimum Gasteiger partial charge on any atom is -0.508 e. The molecule has 0 aliphatic heterocycles. The average Bonchev–Trinajstić information content (AvgIpc) is 3.72. The van der Waals surface area contributed by atoms with E-state index in [4.69, 9.17) is 12.5 Å². The van der Waals surface area contributed by atoms with Crippen LogP contribution in [0.4, 0.5) is 0 Å². The molecule has 0 atom stereocenters. The van der Waals surface area contributed by atoms with Gasteiger partial charge in [0.25, 0.3) is 6.33 Å². The number of para-hydroxylation sites is 2. The summed E-state index contributed by atoms with van der Waals surface area (Å²) in [5, 5.41) is 1.84. The van der Waals surface area contributed by atoms with Gasteiger partial charge in [-0.05, 0) is 97.9 Å². The summed E-state index contributed by atoms with van der Waals surface area (Å²) >= 11 is 0. The molecular formula is C52H55N5OPt-2. The number of hydrogen-bond acceptors (Lipinski definition) is 3. The molecule has 0 aliphatic carbocycles. The average molecular weight is 963 g/mol. The monoisotopic (exact) mass is 962 g/mol. The molecule has 0 fully saturated rings. The number of aromatic nitrogens is 5. The van der Waals surface area contributed by atoms with Gasteiger partial charge in [0.2, 0.25) is 0 Å². The van der Waals surface area contributed by atoms with Gasteiger partial charge in [0.15, 0.2) is 0 Å². The van der Waals surface area contributed by atoms with Crippen molar-refractivity contribution < 1.29 is 33.1 Å². The summed E-state index contributed by atoms with van der Waals surface area (Å²) in [5.41, 5.74) is 8.93. The Balaban J connectivity index is 0.00000561. The zero-order valence-corrected chi connectivity index (χ0v) is 38.5. The second kappa shape index (κ2) is 15.2. The standard InChI is InChI=1S/C52H55N5O.Pt/c1-49(2,3)30-34-17-20-44-43(23-34)42-19-18-40(29-47(42)57(44)48-27-35(21-22-54-48)50(4,5)6)58-41-28-39(31-53-32-41)56-33-55(45-15-13-14-16-46(45)56)38-25-36(51(7,8)9)24-37(26-38)52(10,11)12;/h13-27,31-32H,30H2,1-12H3;/q-2;/i30D2;. The summed E-state index contributed by atoms with van der Waals surface area (Å²) in [5.74, 6) is 1.68. The first-order valence-electron chi connectivity index (χ1n) is 21.2. The first-order valence-corrected chi connectivity index (χ1v) is 20.2. The van der Waals surface area contributed by atoms with Gasteiger partial charge in [-0.3, -0.25) is 4.57 Å². The summed E-state index contributed by atoms with van der Waals surface area (Å²) < 4.78 is 30.9. The van der Waals surface area contributed by atoms with Crippen molar-refractivity contribution >= 4 is 32.8 Å². The molecule has 59 heavy (non-hydrogen) atoms. The molecule has 8 rings (SSSR count). The van der Waals surface area contributed by atoms with Crippen LogP contribution in [0.5, 0.6) is 11.5 Å². The summed E-state index contributed by atoms with van der Waals surface area (Å²) in [6, 6.07) is 36.2. The largest absolute Gasteiger partial charge is 0.508 e. The Labute approximate surface area is 367 Å². The fourth-order valence-corrected chi connectivity index (χ4v) is 7.43. The predicted octanol–water partition coefficient (Wildman–Crippen LogP) is 12.5. The molecule has 0 unspecified atom stereocenters. The molecule has 0 N–H and O–H groups in total. The topological polar surface area (TPSA) is 48.8 Å². The van der Waals surface area contributed by atoms with Gasteiger partial charge < -0.3 is 18.9 Å². The van der Waals surface area contributed by atoms with Crippen LogP contribution < -0.4 is 9.30 Å². The second-order valence-corrected chi connectivity index (χ2v) is 19.6. The Morgan fingerprint density at radius 1 is 0.678 bits per heavy atom. The third-order valence-corrected chi connectivity index (χ3v) is 10.6. The van der Waals surface area contributed by atoms with Crippen LogP contribution in [0.1, 0.15) is 108 Å². The first kappa shape index (κ1) is 39.4. The summed E-state index contributed by atoms with van der Waals surface area (Å²) in [6.45, 7) is 25.9. The Kier molecular flexibility index (Phi) is 10.1. The van der Waals surface area contributed by atoms with Gasteiger partial charge in [-0.2, -0.15) is 6.07 Å². The number of fused-ring (bicyclic) bond motifs is 4. The molecule has 0 aliphatic rings. The van der Waals surface area contributed by atoms with E-state index in [-0.39, 0.29) is 37.3 Å². The third-order valence-electron chi connectivity index (χ3n) is 10.6. The fourth-order valence-electron chi connectivity index (χ4n) is 7.43. The molecular weight excluding hydrogens is 906 g/mol. The van der Waals surface area contributed by atoms with Crippen molar-refractivity contribution in [2.45, 2.75) is 106 Å². The number of rotatable bonds is 6. The maximum absolute atomic E-state index is 9.06. The van der Waals surface area contributed by atoms with Crippen LogP contribution in [0.25, 0.3) is 50.0 Å². The molecule has 8 aromatic rings. The number of imidazole rings is 1. The Hall–Kier alpha value is -5.06. The van der Waals surface area contributed by atoms with Crippen LogP contribution in [-0.4, -0.2) is 19.1 Å². The Bertz CT molecular complexity index is 2900. The second-order valence-electron chi connectivity index (χ2n) is 19.6. The van der Waals surface area contributed by atoms with E-state index in [2.05, 4.69) is 143 Å². The minimum atomic E-state index is -1.56. The van der Waals surface area contributed by atoms with Gasteiger partial charge in [-0.25, -0.2) is 4.98 Å². The zero-order valence-electron chi connectivity index (χ0n) is 38.3. The smallest absolute Gasteiger partial charge is 0.268 e. The third kappa shape index (κ3) is 8.52. The van der Waals surface area contributed by atoms with Crippen LogP contribution in [0.3, 0.4) is 0 Å². The van der Waals surface area contributed by atoms with E-state index < -0.39 is 11.8 Å². The van der Waals surface area contributed by atoms with Crippen molar-refractivity contribution in [1.29, 1.82) is 0 Å². The van der Waals surface area contributed by atoms with Crippen molar-refractivity contribution in [1.82, 2.24) is 19.1 Å². The molecule has 7 heteroatoms. The van der Waals surface area contributed by atoms with Gasteiger partial charge >= 0.3 is 0 Å². The maximum Gasteiger partial charge on any atom is 0.268 e. The van der Waals surface area contributed by atoms with E-state index >= 15 is 0 Å². The molecule has 0 radical (unpaired) electrons. The van der Waals surface area contributed by atoms with E-state index in [1.54, 1.807) is 12.4 Å². The number of benzene rings is 4. The van der Waals surface area contributed by atoms with Crippen molar-refractivity contribution in [2.24, 2.45) is 5.41 Å². The van der Waals surface area contributed by atoms with Gasteiger partial charge in [-0.15, -0.1) is 23.6 Å². The molecule has 4 aromatic heterocycles. The normalized spacial score (nSPS) is 13.4. The number of ether oxygens (including phenoxy) is 1. The summed E-state index contributed by atoms with van der Waals surface area (Å²) in [4.78, 5) is 9.47. The van der Waals surface area contributed by atoms with Crippen molar-refractivity contribution in [3.05, 3.63) is 144 Å². The molecule has 0 saturated carbocycles. The van der Waals surface area contributed by atoms with Crippen LogP contribution >= 0.6 is 0 Å². The van der Waals surface area contributed by atoms with Gasteiger partial charge in [0.1, 0.15) is 5.82 Å². The molecule has 0 bridgehead atoms. The molecule has 0 spiro atoms. The molecule has 0 saturated heterocycles. The van der Waals surface area contributed by atoms with Crippen molar-refractivity contribution in [2.75, 3.05) is 0 Å². The predicted molar refractivity (Wildman–Crippen MR) is 237 cm³/mol. The Morgan fingerprint density at radius 2 is 1.37 bits per heavy atom. The molecule has 4 heterocycles. The summed E-state index contributed by atoms with van der Waals surface area (Å²) in [7, 11) is 0. The van der Waals surface area contributed by atoms with E-state index in [0.717, 1.165) is 49.9 Å². The van der Waals surface area contributed by atoms with Crippen molar-refractivity contribution in [3.8, 4) is 28.7 Å². The van der Waals surface area contributed by atoms with E-state index in [0.29, 0.717) is 22.7 Å². The summed E-state index contributed by atoms with van der Waals surface area (Å²) in [6.07, 6.45) is 7.36. The van der Waals surface area contributed by atoms with E-state index in [1.165, 1.54) is 11.1 Å². The van der Waals surface area contributed by atoms with Crippen molar-refractivity contribution in [3.63, 3.8) is 0 Å². The quantitative estimate of drug-likeness (QED) is 0.123. The Morgan fingerprint density at radius 3 is 2.05 bits per heavy atom.